The van der Waals surface area contributed by atoms with Gasteiger partial charge in [0.15, 0.2) is 17.4 Å². The molecule has 3 aromatic carbocycles. The predicted molar refractivity (Wildman–Crippen MR) is 321 cm³/mol. The highest BCUT2D eigenvalue weighted by Gasteiger charge is 2.52. The molecule has 22 nitrogen and oxygen atoms in total. The third-order valence-electron chi connectivity index (χ3n) is 14.5. The molecule has 26 heteroatoms. The first kappa shape index (κ1) is 68.5. The van der Waals surface area contributed by atoms with Crippen molar-refractivity contribution < 1.29 is 70.1 Å². The Morgan fingerprint density at radius 3 is 2.17 bits per heavy atom. The van der Waals surface area contributed by atoms with Crippen molar-refractivity contribution in [2.24, 2.45) is 27.8 Å². The maximum Gasteiger partial charge on any atom is 0.407 e. The smallest absolute Gasteiger partial charge is 0.407 e. The summed E-state index contributed by atoms with van der Waals surface area (Å²) >= 11 is 0. The van der Waals surface area contributed by atoms with Crippen LogP contribution >= 0.6 is 0 Å². The van der Waals surface area contributed by atoms with Crippen molar-refractivity contribution in [1.82, 2.24) is 31.2 Å². The maximum absolute atomic E-state index is 14.2. The minimum atomic E-state index is -1.67. The van der Waals surface area contributed by atoms with Gasteiger partial charge in [0.1, 0.15) is 30.6 Å². The van der Waals surface area contributed by atoms with E-state index in [-0.39, 0.29) is 76.2 Å². The second-order valence-electron chi connectivity index (χ2n) is 23.1. The van der Waals surface area contributed by atoms with Crippen LogP contribution in [0, 0.1) is 34.6 Å². The van der Waals surface area contributed by atoms with Crippen molar-refractivity contribution in [2.75, 3.05) is 36.9 Å². The van der Waals surface area contributed by atoms with E-state index < -0.39 is 106 Å². The van der Waals surface area contributed by atoms with Gasteiger partial charge in [-0.2, -0.15) is 8.78 Å². The highest BCUT2D eigenvalue weighted by molar-refractivity contribution is 6.08. The third kappa shape index (κ3) is 20.2. The lowest BCUT2D eigenvalue weighted by Crippen LogP contribution is -2.54. The number of nitrogens with one attached hydrogen (secondary N) is 6. The molecule has 0 radical (unpaired) electrons. The van der Waals surface area contributed by atoms with E-state index in [1.165, 1.54) is 12.4 Å². The first-order valence-electron chi connectivity index (χ1n) is 29.1. The Kier molecular flexibility index (Phi) is 24.4. The van der Waals surface area contributed by atoms with E-state index in [4.69, 9.17) is 30.4 Å². The van der Waals surface area contributed by atoms with Crippen LogP contribution in [0.2, 0.25) is 0 Å². The summed E-state index contributed by atoms with van der Waals surface area (Å²) < 4.78 is 77.9. The van der Waals surface area contributed by atoms with Crippen molar-refractivity contribution in [3.05, 3.63) is 118 Å². The summed E-state index contributed by atoms with van der Waals surface area (Å²) in [5.74, 6) is -10.2. The van der Waals surface area contributed by atoms with Gasteiger partial charge >= 0.3 is 12.1 Å². The van der Waals surface area contributed by atoms with E-state index >= 15 is 0 Å². The molecule has 1 fully saturated rings. The highest BCUT2D eigenvalue weighted by atomic mass is 19.2. The van der Waals surface area contributed by atoms with Gasteiger partial charge in [-0.25, -0.2) is 23.4 Å². The molecule has 10 N–H and O–H groups in total. The molecule has 3 heterocycles. The van der Waals surface area contributed by atoms with Crippen molar-refractivity contribution in [3.8, 4) is 5.75 Å². The average molecular weight is 1230 g/mol. The number of pyridine rings is 1. The zero-order valence-electron chi connectivity index (χ0n) is 50.7. The standard InChI is InChI=1S/C62H79F4N11O11/c1-9-23-77(24-10-2)57(82)40-27-38-15-16-39(28-46(38)74-47(67)29-40)54(79)73-42-26-37(31-69-33-42)32-71-60(84)85-34-36-13-17-41(18-14-36)72-55(80)45(12-11-22-70-59(68)83)75-56(81)51(35(3)4)76-48(78)19-20-62(7,8)86-25-21-61(5,6)53-58(88-53)87-52-49(65)43(63)30-44(64)50(52)66/h13-18,26-28,30-31,33,35,45,51,53,58H,9-12,19-25,29,32,34H2,1-8H3,(H2,67,74)(H,71,84)(H,72,80)(H,73,79)(H,75,81)(H,76,78)(H3,68,70,83)/t45-,51-,53?,58?/m0/s1. The number of hydrogen-bond donors (Lipinski definition) is 8. The number of aliphatic imine (C=N–C) groups is 1. The number of nitrogens with zero attached hydrogens (tertiary/aromatic N) is 3. The number of carbonyl (C=O) groups excluding carboxylic acids is 7. The van der Waals surface area contributed by atoms with Gasteiger partial charge in [0, 0.05) is 80.3 Å². The lowest BCUT2D eigenvalue weighted by molar-refractivity contribution is -0.132. The number of rotatable bonds is 31. The summed E-state index contributed by atoms with van der Waals surface area (Å²) in [4.78, 5) is 102. The van der Waals surface area contributed by atoms with Crippen molar-refractivity contribution in [1.29, 1.82) is 0 Å². The molecule has 476 valence electrons. The Hall–Kier alpha value is -8.65. The summed E-state index contributed by atoms with van der Waals surface area (Å²) in [5, 5.41) is 16.2. The number of carbonyl (C=O) groups is 7. The molecule has 1 aromatic heterocycles. The number of hydrogen-bond acceptors (Lipinski definition) is 14. The maximum atomic E-state index is 14.2. The molecule has 0 spiro atoms. The van der Waals surface area contributed by atoms with Crippen LogP contribution in [-0.4, -0.2) is 114 Å². The summed E-state index contributed by atoms with van der Waals surface area (Å²) in [6.45, 7) is 16.0. The molecule has 88 heavy (non-hydrogen) atoms. The number of amides is 8. The van der Waals surface area contributed by atoms with Gasteiger partial charge in [0.2, 0.25) is 41.6 Å². The van der Waals surface area contributed by atoms with E-state index in [0.29, 0.717) is 64.4 Å². The molecule has 4 atom stereocenters. The number of benzene rings is 3. The molecular formula is C62H79F4N11O11. The topological polar surface area (TPSA) is 312 Å². The number of urea groups is 1. The lowest BCUT2D eigenvalue weighted by atomic mass is 9.85. The molecule has 0 saturated carbocycles. The SMILES string of the molecule is CCCN(CCC)C(=O)C1=Cc2ccc(C(=O)Nc3cncc(CNC(=O)OCc4ccc(NC(=O)[C@H](CCCNC(N)=O)NC(=O)[C@@H](NC(=O)CCC(C)(C)OCCC(C)(C)C5OC5Oc5c(F)c(F)cc(F)c5F)C(C)C)cc4)c3)cc2N=C(N)C1. The van der Waals surface area contributed by atoms with E-state index in [1.54, 1.807) is 96.1 Å². The number of nitrogens with two attached hydrogens (primary N) is 2. The molecule has 2 unspecified atom stereocenters. The Morgan fingerprint density at radius 1 is 0.818 bits per heavy atom. The van der Waals surface area contributed by atoms with Gasteiger partial charge in [-0.05, 0) is 111 Å². The minimum Gasteiger partial charge on any atom is -0.456 e. The summed E-state index contributed by atoms with van der Waals surface area (Å²) in [7, 11) is 0. The normalized spacial score (nSPS) is 15.2. The Labute approximate surface area is 508 Å². The quantitative estimate of drug-likeness (QED) is 0.0101. The molecule has 0 aliphatic carbocycles. The predicted octanol–water partition coefficient (Wildman–Crippen LogP) is 8.55. The fraction of sp³-hybridized carbons (Fsp3) is 0.468. The molecule has 6 rings (SSSR count). The third-order valence-corrected chi connectivity index (χ3v) is 14.5. The Bertz CT molecular complexity index is 3200. The monoisotopic (exact) mass is 1230 g/mol. The van der Waals surface area contributed by atoms with E-state index in [2.05, 4.69) is 41.9 Å². The van der Waals surface area contributed by atoms with Crippen LogP contribution < -0.4 is 48.1 Å². The van der Waals surface area contributed by atoms with Crippen LogP contribution in [0.1, 0.15) is 134 Å². The van der Waals surface area contributed by atoms with Crippen LogP contribution in [-0.2, 0) is 46.5 Å². The fourth-order valence-corrected chi connectivity index (χ4v) is 9.43. The molecular weight excluding hydrogens is 1150 g/mol. The summed E-state index contributed by atoms with van der Waals surface area (Å²) in [6.07, 6.45) is 4.84. The van der Waals surface area contributed by atoms with Crippen LogP contribution in [0.4, 0.5) is 44.2 Å². The largest absolute Gasteiger partial charge is 0.456 e. The van der Waals surface area contributed by atoms with Crippen LogP contribution in [0.3, 0.4) is 0 Å². The van der Waals surface area contributed by atoms with E-state index in [0.717, 1.165) is 12.8 Å². The van der Waals surface area contributed by atoms with Crippen LogP contribution in [0.5, 0.6) is 5.75 Å². The summed E-state index contributed by atoms with van der Waals surface area (Å²) in [5.41, 5.74) is 13.7. The first-order valence-corrected chi connectivity index (χ1v) is 29.1. The number of alkyl carbamates (subject to hydrolysis) is 1. The molecule has 2 aliphatic heterocycles. The number of fused-ring (bicyclic) bond motifs is 1. The highest BCUT2D eigenvalue weighted by Crippen LogP contribution is 2.43. The van der Waals surface area contributed by atoms with Crippen LogP contribution in [0.15, 0.2) is 77.6 Å². The van der Waals surface area contributed by atoms with Crippen molar-refractivity contribution in [3.63, 3.8) is 0 Å². The zero-order valence-corrected chi connectivity index (χ0v) is 50.7. The van der Waals surface area contributed by atoms with Gasteiger partial charge in [-0.15, -0.1) is 0 Å². The van der Waals surface area contributed by atoms with Gasteiger partial charge in [0.05, 0.1) is 23.2 Å². The summed E-state index contributed by atoms with van der Waals surface area (Å²) in [6, 6.07) is 10.1. The number of aromatic nitrogens is 1. The minimum absolute atomic E-state index is 0.00885. The van der Waals surface area contributed by atoms with Crippen molar-refractivity contribution >= 4 is 70.6 Å². The molecule has 4 aromatic rings. The van der Waals surface area contributed by atoms with Gasteiger partial charge in [-0.3, -0.25) is 29.0 Å². The number of amidine groups is 1. The fourth-order valence-electron chi connectivity index (χ4n) is 9.43. The number of anilines is 2. The van der Waals surface area contributed by atoms with Gasteiger partial charge in [-0.1, -0.05) is 59.7 Å². The molecule has 1 saturated heterocycles. The van der Waals surface area contributed by atoms with E-state index in [9.17, 15) is 51.1 Å². The molecule has 8 amide bonds. The van der Waals surface area contributed by atoms with Gasteiger partial charge in [0.25, 0.3) is 5.91 Å². The first-order chi connectivity index (χ1) is 41.7. The zero-order chi connectivity index (χ0) is 64.5. The molecule has 0 bridgehead atoms. The molecule has 2 aliphatic rings. The number of ether oxygens (including phenoxy) is 4. The van der Waals surface area contributed by atoms with Crippen molar-refractivity contribution in [2.45, 2.75) is 150 Å². The average Bonchev–Trinajstić information content (AvgIpc) is 3.25. The number of halogens is 4. The van der Waals surface area contributed by atoms with Crippen LogP contribution in [0.25, 0.3) is 6.08 Å². The lowest BCUT2D eigenvalue weighted by Gasteiger charge is -2.29. The number of primary amides is 1. The Morgan fingerprint density at radius 2 is 1.51 bits per heavy atom. The second kappa shape index (κ2) is 31.3. The Balaban J connectivity index is 0.947. The number of epoxide rings is 1. The second-order valence-corrected chi connectivity index (χ2v) is 23.1. The van der Waals surface area contributed by atoms with E-state index in [1.807, 2.05) is 18.7 Å². The van der Waals surface area contributed by atoms with Gasteiger partial charge < -0.3 is 67.2 Å².